The monoisotopic (exact) mass is 306 g/mol. The first-order valence-electron chi connectivity index (χ1n) is 9.14. The van der Waals surface area contributed by atoms with Gasteiger partial charge in [0.05, 0.1) is 0 Å². The van der Waals surface area contributed by atoms with E-state index in [0.29, 0.717) is 5.92 Å². The minimum atomic E-state index is 0.618. The minimum Gasteiger partial charge on any atom is -0.0732 e. The molecule has 0 aliphatic heterocycles. The number of hydrogen-bond acceptors (Lipinski definition) is 0. The summed E-state index contributed by atoms with van der Waals surface area (Å²) in [6.07, 6.45) is 10.5. The molecule has 0 aromatic heterocycles. The molecule has 0 saturated heterocycles. The van der Waals surface area contributed by atoms with E-state index >= 15 is 0 Å². The van der Waals surface area contributed by atoms with Crippen LogP contribution in [0.3, 0.4) is 0 Å². The third-order valence-corrected chi connectivity index (χ3v) is 4.38. The molecule has 0 saturated carbocycles. The molecule has 0 aliphatic rings. The van der Waals surface area contributed by atoms with E-state index in [1.165, 1.54) is 55.2 Å². The molecular formula is C23H30. The molecule has 2 aromatic carbocycles. The second-order valence-corrected chi connectivity index (χ2v) is 6.49. The maximum Gasteiger partial charge on any atom is -0.0149 e. The van der Waals surface area contributed by atoms with Gasteiger partial charge in [0.25, 0.3) is 0 Å². The van der Waals surface area contributed by atoms with E-state index in [2.05, 4.69) is 80.6 Å². The fourth-order valence-electron chi connectivity index (χ4n) is 3.03. The van der Waals surface area contributed by atoms with Crippen molar-refractivity contribution in [3.8, 4) is 0 Å². The summed E-state index contributed by atoms with van der Waals surface area (Å²) < 4.78 is 0. The van der Waals surface area contributed by atoms with Gasteiger partial charge in [-0.1, -0.05) is 113 Å². The Bertz CT molecular complexity index is 524. The van der Waals surface area contributed by atoms with Crippen molar-refractivity contribution in [3.63, 3.8) is 0 Å². The average Bonchev–Trinajstić information content (AvgIpc) is 2.61. The van der Waals surface area contributed by atoms with Crippen molar-refractivity contribution in [2.75, 3.05) is 0 Å². The van der Waals surface area contributed by atoms with Crippen LogP contribution in [-0.4, -0.2) is 0 Å². The van der Waals surface area contributed by atoms with Crippen LogP contribution < -0.4 is 0 Å². The van der Waals surface area contributed by atoms with E-state index in [0.717, 1.165) is 0 Å². The third kappa shape index (κ3) is 6.06. The van der Waals surface area contributed by atoms with E-state index < -0.39 is 0 Å². The Balaban J connectivity index is 2.08. The zero-order valence-electron chi connectivity index (χ0n) is 14.7. The molecule has 0 unspecified atom stereocenters. The van der Waals surface area contributed by atoms with Crippen LogP contribution in [0.25, 0.3) is 5.57 Å². The fraction of sp³-hybridized carbons (Fsp3) is 0.391. The number of hydrogen-bond donors (Lipinski definition) is 0. The Kier molecular flexibility index (Phi) is 7.66. The highest BCUT2D eigenvalue weighted by molar-refractivity contribution is 5.79. The molecule has 2 rings (SSSR count). The van der Waals surface area contributed by atoms with Gasteiger partial charge in [0.1, 0.15) is 0 Å². The first kappa shape index (κ1) is 17.5. The van der Waals surface area contributed by atoms with Crippen molar-refractivity contribution in [1.29, 1.82) is 0 Å². The van der Waals surface area contributed by atoms with E-state index in [1.807, 2.05) is 0 Å². The molecule has 0 radical (unpaired) electrons. The zero-order chi connectivity index (χ0) is 16.3. The molecule has 0 nitrogen and oxygen atoms in total. The van der Waals surface area contributed by atoms with E-state index in [-0.39, 0.29) is 0 Å². The van der Waals surface area contributed by atoms with Crippen LogP contribution in [0.1, 0.15) is 63.5 Å². The lowest BCUT2D eigenvalue weighted by Gasteiger charge is -2.13. The fourth-order valence-corrected chi connectivity index (χ4v) is 3.03. The summed E-state index contributed by atoms with van der Waals surface area (Å²) in [5.74, 6) is 0.618. The zero-order valence-corrected chi connectivity index (χ0v) is 14.7. The molecule has 1 atom stereocenters. The van der Waals surface area contributed by atoms with Gasteiger partial charge in [-0.3, -0.25) is 0 Å². The highest BCUT2D eigenvalue weighted by atomic mass is 14.1. The highest BCUT2D eigenvalue weighted by Crippen LogP contribution is 2.26. The van der Waals surface area contributed by atoms with Gasteiger partial charge in [-0.2, -0.15) is 0 Å². The molecule has 0 heterocycles. The highest BCUT2D eigenvalue weighted by Gasteiger charge is 2.07. The Morgan fingerprint density at radius 1 is 0.783 bits per heavy atom. The van der Waals surface area contributed by atoms with Crippen LogP contribution in [-0.2, 0) is 0 Å². The Hall–Kier alpha value is -1.82. The second kappa shape index (κ2) is 10.0. The molecule has 122 valence electrons. The van der Waals surface area contributed by atoms with Crippen molar-refractivity contribution in [3.05, 3.63) is 77.9 Å². The standard InChI is InChI=1S/C23H30/c1-3-4-5-6-9-14-20(2)19-23(21-15-10-7-11-16-21)22-17-12-8-13-18-22/h7-8,10-13,15-20H,3-6,9,14H2,1-2H3/t20-/m1/s1. The summed E-state index contributed by atoms with van der Waals surface area (Å²) in [7, 11) is 0. The third-order valence-electron chi connectivity index (χ3n) is 4.38. The normalized spacial score (nSPS) is 11.9. The first-order chi connectivity index (χ1) is 11.3. The maximum atomic E-state index is 2.46. The van der Waals surface area contributed by atoms with Crippen molar-refractivity contribution in [2.24, 2.45) is 5.92 Å². The summed E-state index contributed by atoms with van der Waals surface area (Å²) in [6, 6.07) is 21.5. The molecule has 0 fully saturated rings. The number of benzene rings is 2. The van der Waals surface area contributed by atoms with Crippen molar-refractivity contribution < 1.29 is 0 Å². The van der Waals surface area contributed by atoms with Crippen molar-refractivity contribution in [2.45, 2.75) is 52.4 Å². The van der Waals surface area contributed by atoms with Gasteiger partial charge in [-0.25, -0.2) is 0 Å². The van der Waals surface area contributed by atoms with Gasteiger partial charge >= 0.3 is 0 Å². The molecule has 23 heavy (non-hydrogen) atoms. The predicted molar refractivity (Wildman–Crippen MR) is 103 cm³/mol. The topological polar surface area (TPSA) is 0 Å². The molecule has 0 N–H and O–H groups in total. The summed E-state index contributed by atoms with van der Waals surface area (Å²) >= 11 is 0. The van der Waals surface area contributed by atoms with E-state index in [4.69, 9.17) is 0 Å². The van der Waals surface area contributed by atoms with Crippen molar-refractivity contribution >= 4 is 5.57 Å². The first-order valence-corrected chi connectivity index (χ1v) is 9.14. The van der Waals surface area contributed by atoms with Gasteiger partial charge in [0.2, 0.25) is 0 Å². The van der Waals surface area contributed by atoms with E-state index in [9.17, 15) is 0 Å². The molecule has 0 spiro atoms. The lowest BCUT2D eigenvalue weighted by molar-refractivity contribution is 0.551. The number of allylic oxidation sites excluding steroid dienone is 1. The number of rotatable bonds is 9. The molecule has 0 amide bonds. The van der Waals surface area contributed by atoms with Crippen LogP contribution in [0.4, 0.5) is 0 Å². The quantitative estimate of drug-likeness (QED) is 0.433. The largest absolute Gasteiger partial charge is 0.0732 e. The van der Waals surface area contributed by atoms with Gasteiger partial charge < -0.3 is 0 Å². The van der Waals surface area contributed by atoms with Gasteiger partial charge in [0, 0.05) is 0 Å². The van der Waals surface area contributed by atoms with Gasteiger partial charge in [0.15, 0.2) is 0 Å². The van der Waals surface area contributed by atoms with Crippen LogP contribution in [0, 0.1) is 5.92 Å². The van der Waals surface area contributed by atoms with E-state index in [1.54, 1.807) is 0 Å². The molecule has 2 aromatic rings. The van der Waals surface area contributed by atoms with Crippen LogP contribution in [0.15, 0.2) is 66.7 Å². The van der Waals surface area contributed by atoms with Crippen LogP contribution >= 0.6 is 0 Å². The van der Waals surface area contributed by atoms with Gasteiger partial charge in [-0.15, -0.1) is 0 Å². The lowest BCUT2D eigenvalue weighted by Crippen LogP contribution is -1.95. The Morgan fingerprint density at radius 2 is 1.30 bits per heavy atom. The van der Waals surface area contributed by atoms with Crippen molar-refractivity contribution in [1.82, 2.24) is 0 Å². The number of unbranched alkanes of at least 4 members (excludes halogenated alkanes) is 4. The minimum absolute atomic E-state index is 0.618. The summed E-state index contributed by atoms with van der Waals surface area (Å²) in [6.45, 7) is 4.63. The molecular weight excluding hydrogens is 276 g/mol. The predicted octanol–water partition coefficient (Wildman–Crippen LogP) is 7.11. The summed E-state index contributed by atoms with van der Waals surface area (Å²) in [5, 5.41) is 0. The lowest BCUT2D eigenvalue weighted by atomic mass is 9.92. The molecule has 0 heteroatoms. The smallest absolute Gasteiger partial charge is 0.0149 e. The van der Waals surface area contributed by atoms with Crippen LogP contribution in [0.5, 0.6) is 0 Å². The Labute approximate surface area is 142 Å². The van der Waals surface area contributed by atoms with Gasteiger partial charge in [-0.05, 0) is 29.0 Å². The van der Waals surface area contributed by atoms with Crippen LogP contribution in [0.2, 0.25) is 0 Å². The Morgan fingerprint density at radius 3 is 1.83 bits per heavy atom. The summed E-state index contributed by atoms with van der Waals surface area (Å²) in [5.41, 5.74) is 4.00. The second-order valence-electron chi connectivity index (χ2n) is 6.49. The molecule has 0 bridgehead atoms. The maximum absolute atomic E-state index is 2.46. The molecule has 0 aliphatic carbocycles. The average molecular weight is 306 g/mol. The SMILES string of the molecule is CCCCCCC[C@@H](C)C=C(c1ccccc1)c1ccccc1. The summed E-state index contributed by atoms with van der Waals surface area (Å²) in [4.78, 5) is 0.